The smallest absolute Gasteiger partial charge is 0.164 e. The molecule has 0 bridgehead atoms. The van der Waals surface area contributed by atoms with Gasteiger partial charge in [0.25, 0.3) is 0 Å². The molecular weight excluding hydrogens is 346 g/mol. The SMILES string of the molecule is CN1C(CC(=O)c2ccccc2)CCC[C@H]1C[C@@H](O)c1ccccc1.Cl. The molecule has 2 aromatic rings. The largest absolute Gasteiger partial charge is 0.388 e. The third-order valence-corrected chi connectivity index (χ3v) is 5.42. The van der Waals surface area contributed by atoms with E-state index < -0.39 is 6.10 Å². The van der Waals surface area contributed by atoms with Gasteiger partial charge in [-0.2, -0.15) is 0 Å². The number of piperidine rings is 1. The average Bonchev–Trinajstić information content (AvgIpc) is 2.66. The molecule has 26 heavy (non-hydrogen) atoms. The highest BCUT2D eigenvalue weighted by Crippen LogP contribution is 2.30. The van der Waals surface area contributed by atoms with Crippen molar-refractivity contribution in [2.75, 3.05) is 7.05 Å². The molecule has 0 aromatic heterocycles. The number of aliphatic hydroxyl groups excluding tert-OH is 1. The molecule has 3 rings (SSSR count). The van der Waals surface area contributed by atoms with Crippen molar-refractivity contribution in [1.82, 2.24) is 4.90 Å². The molecule has 3 atom stereocenters. The van der Waals surface area contributed by atoms with E-state index in [0.29, 0.717) is 12.5 Å². The molecule has 1 saturated heterocycles. The van der Waals surface area contributed by atoms with Crippen molar-refractivity contribution in [3.8, 4) is 0 Å². The third kappa shape index (κ3) is 5.16. The molecule has 1 aliphatic heterocycles. The fraction of sp³-hybridized carbons (Fsp3) is 0.409. The minimum Gasteiger partial charge on any atom is -0.388 e. The zero-order chi connectivity index (χ0) is 17.6. The molecular formula is C22H28ClNO2. The standard InChI is InChI=1S/C22H27NO2.ClH/c1-23-19(15-21(24)17-9-4-2-5-10-17)13-8-14-20(23)16-22(25)18-11-6-3-7-12-18;/h2-7,9-12,19-21,24H,8,13-16H2,1H3;1H/t19-,20?,21+;/m0./s1. The minimum atomic E-state index is -0.447. The second-order valence-electron chi connectivity index (χ2n) is 7.06. The Balaban J connectivity index is 0.00000243. The van der Waals surface area contributed by atoms with E-state index in [0.717, 1.165) is 36.8 Å². The molecule has 1 unspecified atom stereocenters. The molecule has 0 radical (unpaired) electrons. The van der Waals surface area contributed by atoms with Crippen LogP contribution in [0.25, 0.3) is 0 Å². The van der Waals surface area contributed by atoms with Gasteiger partial charge in [-0.15, -0.1) is 12.4 Å². The summed E-state index contributed by atoms with van der Waals surface area (Å²) in [4.78, 5) is 14.8. The fourth-order valence-corrected chi connectivity index (χ4v) is 3.85. The zero-order valence-electron chi connectivity index (χ0n) is 15.3. The molecule has 3 nitrogen and oxygen atoms in total. The van der Waals surface area contributed by atoms with Crippen LogP contribution in [0.2, 0.25) is 0 Å². The topological polar surface area (TPSA) is 40.5 Å². The molecule has 140 valence electrons. The van der Waals surface area contributed by atoms with E-state index in [1.807, 2.05) is 60.7 Å². The van der Waals surface area contributed by atoms with Crippen molar-refractivity contribution < 1.29 is 9.90 Å². The summed E-state index contributed by atoms with van der Waals surface area (Å²) in [5.41, 5.74) is 1.76. The van der Waals surface area contributed by atoms with Gasteiger partial charge in [-0.3, -0.25) is 9.69 Å². The first kappa shape index (κ1) is 20.6. The Hall–Kier alpha value is -1.68. The first-order valence-electron chi connectivity index (χ1n) is 9.18. The number of nitrogens with zero attached hydrogens (tertiary/aromatic N) is 1. The second kappa shape index (κ2) is 9.86. The molecule has 4 heteroatoms. The molecule has 1 aliphatic rings. The normalized spacial score (nSPS) is 21.6. The number of Topliss-reactive ketones (excluding diaryl/α,β-unsaturated/α-hetero) is 1. The highest BCUT2D eigenvalue weighted by atomic mass is 35.5. The van der Waals surface area contributed by atoms with Gasteiger partial charge in [-0.05, 0) is 31.9 Å². The molecule has 1 N–H and O–H groups in total. The minimum absolute atomic E-state index is 0. The van der Waals surface area contributed by atoms with Crippen LogP contribution < -0.4 is 0 Å². The maximum atomic E-state index is 12.5. The van der Waals surface area contributed by atoms with Gasteiger partial charge >= 0.3 is 0 Å². The Morgan fingerprint density at radius 3 is 2.27 bits per heavy atom. The lowest BCUT2D eigenvalue weighted by Gasteiger charge is -2.40. The lowest BCUT2D eigenvalue weighted by atomic mass is 9.88. The predicted molar refractivity (Wildman–Crippen MR) is 108 cm³/mol. The van der Waals surface area contributed by atoms with Crippen molar-refractivity contribution >= 4 is 18.2 Å². The number of halogens is 1. The summed E-state index contributed by atoms with van der Waals surface area (Å²) in [6, 6.07) is 20.0. The van der Waals surface area contributed by atoms with E-state index in [9.17, 15) is 9.90 Å². The number of hydrogen-bond donors (Lipinski definition) is 1. The summed E-state index contributed by atoms with van der Waals surface area (Å²) < 4.78 is 0. The van der Waals surface area contributed by atoms with Gasteiger partial charge in [-0.1, -0.05) is 67.1 Å². The van der Waals surface area contributed by atoms with Crippen LogP contribution in [0.3, 0.4) is 0 Å². The molecule has 1 fully saturated rings. The Labute approximate surface area is 162 Å². The number of aliphatic hydroxyl groups is 1. The van der Waals surface area contributed by atoms with Crippen LogP contribution in [-0.2, 0) is 0 Å². The number of hydrogen-bond acceptors (Lipinski definition) is 3. The van der Waals surface area contributed by atoms with Gasteiger partial charge < -0.3 is 5.11 Å². The zero-order valence-corrected chi connectivity index (χ0v) is 16.1. The van der Waals surface area contributed by atoms with Gasteiger partial charge in [0.05, 0.1) is 6.10 Å². The van der Waals surface area contributed by atoms with Gasteiger partial charge in [0.15, 0.2) is 5.78 Å². The number of likely N-dealkylation sites (tertiary alicyclic amines) is 1. The highest BCUT2D eigenvalue weighted by molar-refractivity contribution is 5.96. The van der Waals surface area contributed by atoms with Crippen LogP contribution in [0, 0.1) is 0 Å². The van der Waals surface area contributed by atoms with E-state index in [1.54, 1.807) is 0 Å². The molecule has 2 aromatic carbocycles. The van der Waals surface area contributed by atoms with Crippen LogP contribution in [0.5, 0.6) is 0 Å². The number of carbonyl (C=O) groups is 1. The van der Waals surface area contributed by atoms with Crippen LogP contribution in [0.4, 0.5) is 0 Å². The van der Waals surface area contributed by atoms with Gasteiger partial charge in [-0.25, -0.2) is 0 Å². The summed E-state index contributed by atoms with van der Waals surface area (Å²) >= 11 is 0. The van der Waals surface area contributed by atoms with E-state index >= 15 is 0 Å². The monoisotopic (exact) mass is 373 g/mol. The van der Waals surface area contributed by atoms with Crippen molar-refractivity contribution in [1.29, 1.82) is 0 Å². The summed E-state index contributed by atoms with van der Waals surface area (Å²) in [6.07, 6.45) is 4.07. The summed E-state index contributed by atoms with van der Waals surface area (Å²) in [5.74, 6) is 0.210. The fourth-order valence-electron chi connectivity index (χ4n) is 3.85. The molecule has 1 heterocycles. The predicted octanol–water partition coefficient (Wildman–Crippen LogP) is 4.66. The van der Waals surface area contributed by atoms with E-state index in [2.05, 4.69) is 11.9 Å². The van der Waals surface area contributed by atoms with Gasteiger partial charge in [0.2, 0.25) is 0 Å². The average molecular weight is 374 g/mol. The maximum absolute atomic E-state index is 12.5. The molecule has 0 aliphatic carbocycles. The summed E-state index contributed by atoms with van der Waals surface area (Å²) in [5, 5.41) is 10.5. The lowest BCUT2D eigenvalue weighted by molar-refractivity contribution is 0.0549. The van der Waals surface area contributed by atoms with E-state index in [-0.39, 0.29) is 24.2 Å². The Kier molecular flexibility index (Phi) is 7.83. The number of carbonyl (C=O) groups excluding carboxylic acids is 1. The quantitative estimate of drug-likeness (QED) is 0.749. The Morgan fingerprint density at radius 2 is 1.62 bits per heavy atom. The maximum Gasteiger partial charge on any atom is 0.164 e. The Morgan fingerprint density at radius 1 is 1.04 bits per heavy atom. The molecule has 0 saturated carbocycles. The van der Waals surface area contributed by atoms with Crippen LogP contribution >= 0.6 is 12.4 Å². The number of benzene rings is 2. The highest BCUT2D eigenvalue weighted by Gasteiger charge is 2.30. The second-order valence-corrected chi connectivity index (χ2v) is 7.06. The summed E-state index contributed by atoms with van der Waals surface area (Å²) in [6.45, 7) is 0. The molecule has 0 spiro atoms. The van der Waals surface area contributed by atoms with Gasteiger partial charge in [0.1, 0.15) is 0 Å². The van der Waals surface area contributed by atoms with Crippen molar-refractivity contribution in [3.63, 3.8) is 0 Å². The third-order valence-electron chi connectivity index (χ3n) is 5.42. The van der Waals surface area contributed by atoms with Crippen molar-refractivity contribution in [2.24, 2.45) is 0 Å². The van der Waals surface area contributed by atoms with E-state index in [1.165, 1.54) is 0 Å². The van der Waals surface area contributed by atoms with Crippen LogP contribution in [-0.4, -0.2) is 34.9 Å². The molecule has 0 amide bonds. The number of ketones is 1. The number of rotatable bonds is 6. The van der Waals surface area contributed by atoms with E-state index in [4.69, 9.17) is 0 Å². The van der Waals surface area contributed by atoms with Crippen molar-refractivity contribution in [3.05, 3.63) is 71.8 Å². The van der Waals surface area contributed by atoms with Gasteiger partial charge in [0, 0.05) is 24.1 Å². The van der Waals surface area contributed by atoms with Crippen LogP contribution in [0.1, 0.15) is 54.1 Å². The van der Waals surface area contributed by atoms with Crippen molar-refractivity contribution in [2.45, 2.75) is 50.3 Å². The van der Waals surface area contributed by atoms with Crippen LogP contribution in [0.15, 0.2) is 60.7 Å². The first-order chi connectivity index (χ1) is 12.1. The summed E-state index contributed by atoms with van der Waals surface area (Å²) in [7, 11) is 2.10. The lowest BCUT2D eigenvalue weighted by Crippen LogP contribution is -2.45. The Bertz CT molecular complexity index is 677. The first-order valence-corrected chi connectivity index (χ1v) is 9.18.